The van der Waals surface area contributed by atoms with Crippen LogP contribution >= 0.6 is 39.1 Å². The van der Waals surface area contributed by atoms with Gasteiger partial charge in [0.15, 0.2) is 0 Å². The topological polar surface area (TPSA) is 29.9 Å². The molecule has 2 rings (SSSR count). The first-order chi connectivity index (χ1) is 9.60. The van der Waals surface area contributed by atoms with Gasteiger partial charge in [0.1, 0.15) is 0 Å². The minimum absolute atomic E-state index is 0.0958. The van der Waals surface area contributed by atoms with E-state index in [2.05, 4.69) is 33.3 Å². The molecule has 108 valence electrons. The molecule has 1 aromatic carbocycles. The normalized spacial score (nSPS) is 12.7. The van der Waals surface area contributed by atoms with Crippen LogP contribution in [0, 0.1) is 0 Å². The zero-order chi connectivity index (χ0) is 14.7. The molecule has 3 nitrogen and oxygen atoms in total. The van der Waals surface area contributed by atoms with Gasteiger partial charge in [0.05, 0.1) is 28.0 Å². The molecule has 1 aromatic heterocycles. The lowest BCUT2D eigenvalue weighted by Gasteiger charge is -2.20. The summed E-state index contributed by atoms with van der Waals surface area (Å²) in [5.74, 6) is 0. The number of hydrogen-bond donors (Lipinski definition) is 1. The van der Waals surface area contributed by atoms with Crippen LogP contribution in [0.25, 0.3) is 0 Å². The maximum Gasteiger partial charge on any atom is 0.0837 e. The van der Waals surface area contributed by atoms with Gasteiger partial charge in [0.2, 0.25) is 0 Å². The maximum absolute atomic E-state index is 6.41. The van der Waals surface area contributed by atoms with Crippen LogP contribution in [0.15, 0.2) is 28.9 Å². The van der Waals surface area contributed by atoms with Crippen LogP contribution in [0.1, 0.15) is 30.6 Å². The van der Waals surface area contributed by atoms with Crippen molar-refractivity contribution in [3.63, 3.8) is 0 Å². The average molecular weight is 377 g/mol. The highest BCUT2D eigenvalue weighted by Gasteiger charge is 2.23. The molecule has 1 unspecified atom stereocenters. The number of nitrogens with one attached hydrogen (secondary N) is 1. The molecule has 0 aliphatic heterocycles. The first kappa shape index (κ1) is 15.8. The Morgan fingerprint density at radius 3 is 2.80 bits per heavy atom. The molecule has 0 fully saturated rings. The minimum atomic E-state index is -0.0958. The van der Waals surface area contributed by atoms with Crippen LogP contribution in [0.2, 0.25) is 10.0 Å². The van der Waals surface area contributed by atoms with Crippen LogP contribution < -0.4 is 5.32 Å². The number of nitrogens with zero attached hydrogens (tertiary/aromatic N) is 2. The largest absolute Gasteiger partial charge is 0.308 e. The fraction of sp³-hybridized carbons (Fsp3) is 0.357. The van der Waals surface area contributed by atoms with Crippen molar-refractivity contribution in [1.82, 2.24) is 15.1 Å². The summed E-state index contributed by atoms with van der Waals surface area (Å²) in [6.07, 6.45) is 2.68. The Labute approximate surface area is 137 Å². The van der Waals surface area contributed by atoms with Crippen LogP contribution in [0.3, 0.4) is 0 Å². The van der Waals surface area contributed by atoms with E-state index in [1.807, 2.05) is 29.9 Å². The molecule has 0 saturated carbocycles. The van der Waals surface area contributed by atoms with Crippen molar-refractivity contribution in [1.29, 1.82) is 0 Å². The molecule has 0 radical (unpaired) electrons. The van der Waals surface area contributed by atoms with Crippen LogP contribution in [-0.4, -0.2) is 16.8 Å². The molecule has 0 amide bonds. The Morgan fingerprint density at radius 2 is 2.15 bits per heavy atom. The van der Waals surface area contributed by atoms with Gasteiger partial charge in [-0.2, -0.15) is 5.10 Å². The number of rotatable bonds is 5. The van der Waals surface area contributed by atoms with Gasteiger partial charge in [0.25, 0.3) is 0 Å². The van der Waals surface area contributed by atoms with Crippen molar-refractivity contribution < 1.29 is 0 Å². The molecule has 0 aliphatic rings. The van der Waals surface area contributed by atoms with E-state index in [4.69, 9.17) is 23.2 Å². The summed E-state index contributed by atoms with van der Waals surface area (Å²) in [7, 11) is 1.89. The molecule has 1 atom stereocenters. The van der Waals surface area contributed by atoms with Crippen LogP contribution in [-0.2, 0) is 6.54 Å². The molecule has 0 saturated heterocycles. The molecule has 0 bridgehead atoms. The Bertz CT molecular complexity index is 598. The number of hydrogen-bond acceptors (Lipinski definition) is 2. The summed E-state index contributed by atoms with van der Waals surface area (Å²) >= 11 is 16.2. The number of aromatic nitrogens is 2. The fourth-order valence-corrected chi connectivity index (χ4v) is 3.10. The highest BCUT2D eigenvalue weighted by atomic mass is 79.9. The summed E-state index contributed by atoms with van der Waals surface area (Å²) in [5.41, 5.74) is 1.92. The number of aryl methyl sites for hydroxylation is 1. The highest BCUT2D eigenvalue weighted by Crippen LogP contribution is 2.35. The van der Waals surface area contributed by atoms with Crippen molar-refractivity contribution in [3.05, 3.63) is 50.2 Å². The predicted octanol–water partition coefficient (Wildman–Crippen LogP) is 4.67. The van der Waals surface area contributed by atoms with Crippen molar-refractivity contribution in [2.24, 2.45) is 0 Å². The van der Waals surface area contributed by atoms with E-state index in [-0.39, 0.29) is 6.04 Å². The third-order valence-electron chi connectivity index (χ3n) is 3.12. The monoisotopic (exact) mass is 375 g/mol. The highest BCUT2D eigenvalue weighted by molar-refractivity contribution is 9.10. The average Bonchev–Trinajstić information content (AvgIpc) is 2.78. The summed E-state index contributed by atoms with van der Waals surface area (Å²) in [6, 6.07) is 5.78. The zero-order valence-corrected chi connectivity index (χ0v) is 14.4. The Morgan fingerprint density at radius 1 is 1.40 bits per heavy atom. The quantitative estimate of drug-likeness (QED) is 0.821. The smallest absolute Gasteiger partial charge is 0.0837 e. The van der Waals surface area contributed by atoms with Crippen molar-refractivity contribution in [2.75, 3.05) is 7.05 Å². The lowest BCUT2D eigenvalue weighted by atomic mass is 10.0. The van der Waals surface area contributed by atoms with Gasteiger partial charge < -0.3 is 5.32 Å². The molecular formula is C14H16BrCl2N3. The van der Waals surface area contributed by atoms with E-state index in [9.17, 15) is 0 Å². The predicted molar refractivity (Wildman–Crippen MR) is 87.6 cm³/mol. The van der Waals surface area contributed by atoms with E-state index >= 15 is 0 Å². The van der Waals surface area contributed by atoms with Crippen molar-refractivity contribution in [3.8, 4) is 0 Å². The SMILES string of the molecule is CCCn1ncc(Cl)c1C(NC)c1cccc(Br)c1Cl. The second-order valence-corrected chi connectivity index (χ2v) is 6.11. The van der Waals surface area contributed by atoms with Gasteiger partial charge in [-0.05, 0) is 41.0 Å². The van der Waals surface area contributed by atoms with Gasteiger partial charge in [-0.1, -0.05) is 42.3 Å². The summed E-state index contributed by atoms with van der Waals surface area (Å²) in [4.78, 5) is 0. The van der Waals surface area contributed by atoms with E-state index < -0.39 is 0 Å². The lowest BCUT2D eigenvalue weighted by molar-refractivity contribution is 0.535. The van der Waals surface area contributed by atoms with E-state index in [1.54, 1.807) is 6.20 Å². The second-order valence-electron chi connectivity index (χ2n) is 4.47. The standard InChI is InChI=1S/C14H16BrCl2N3/c1-3-7-20-14(11(16)8-19-20)13(18-2)9-5-4-6-10(15)12(9)17/h4-6,8,13,18H,3,7H2,1-2H3. The van der Waals surface area contributed by atoms with Gasteiger partial charge in [-0.15, -0.1) is 0 Å². The molecule has 1 heterocycles. The first-order valence-corrected chi connectivity index (χ1v) is 7.97. The number of benzene rings is 1. The Balaban J connectivity index is 2.52. The third kappa shape index (κ3) is 3.03. The molecule has 6 heteroatoms. The summed E-state index contributed by atoms with van der Waals surface area (Å²) in [5, 5.41) is 8.95. The van der Waals surface area contributed by atoms with Crippen LogP contribution in [0.5, 0.6) is 0 Å². The second kappa shape index (κ2) is 6.94. The van der Waals surface area contributed by atoms with Gasteiger partial charge >= 0.3 is 0 Å². The molecule has 0 spiro atoms. The lowest BCUT2D eigenvalue weighted by Crippen LogP contribution is -2.22. The van der Waals surface area contributed by atoms with E-state index in [0.717, 1.165) is 28.7 Å². The molecule has 0 aliphatic carbocycles. The zero-order valence-electron chi connectivity index (χ0n) is 11.3. The Kier molecular flexibility index (Phi) is 5.49. The van der Waals surface area contributed by atoms with E-state index in [0.29, 0.717) is 10.0 Å². The maximum atomic E-state index is 6.41. The third-order valence-corrected chi connectivity index (χ3v) is 4.73. The molecule has 1 N–H and O–H groups in total. The molecular weight excluding hydrogens is 361 g/mol. The van der Waals surface area contributed by atoms with Crippen LogP contribution in [0.4, 0.5) is 0 Å². The summed E-state index contributed by atoms with van der Waals surface area (Å²) in [6.45, 7) is 2.94. The molecule has 2 aromatic rings. The van der Waals surface area contributed by atoms with E-state index in [1.165, 1.54) is 0 Å². The Hall–Kier alpha value is -0.550. The van der Waals surface area contributed by atoms with Gasteiger partial charge in [-0.25, -0.2) is 0 Å². The van der Waals surface area contributed by atoms with Gasteiger partial charge in [0, 0.05) is 11.0 Å². The van der Waals surface area contributed by atoms with Crippen molar-refractivity contribution in [2.45, 2.75) is 25.9 Å². The minimum Gasteiger partial charge on any atom is -0.308 e. The molecule has 20 heavy (non-hydrogen) atoms. The van der Waals surface area contributed by atoms with Gasteiger partial charge in [-0.3, -0.25) is 4.68 Å². The summed E-state index contributed by atoms with van der Waals surface area (Å²) < 4.78 is 2.80. The number of halogens is 3. The first-order valence-electron chi connectivity index (χ1n) is 6.42. The fourth-order valence-electron chi connectivity index (χ4n) is 2.23. The van der Waals surface area contributed by atoms with Crippen molar-refractivity contribution >= 4 is 39.1 Å².